The zero-order chi connectivity index (χ0) is 21.4. The summed E-state index contributed by atoms with van der Waals surface area (Å²) in [5.74, 6) is 2.12. The van der Waals surface area contributed by atoms with Crippen LogP contribution in [0.4, 0.5) is 5.82 Å². The quantitative estimate of drug-likeness (QED) is 0.649. The summed E-state index contributed by atoms with van der Waals surface area (Å²) in [5, 5.41) is 8.89. The maximum atomic E-state index is 5.55. The first-order valence-electron chi connectivity index (χ1n) is 11.3. The molecule has 2 saturated heterocycles. The van der Waals surface area contributed by atoms with Crippen LogP contribution in [-0.4, -0.2) is 54.0 Å². The number of nitrogens with zero attached hydrogens (tertiary/aromatic N) is 4. The van der Waals surface area contributed by atoms with Gasteiger partial charge in [-0.3, -0.25) is 0 Å². The van der Waals surface area contributed by atoms with Crippen molar-refractivity contribution in [1.29, 1.82) is 0 Å². The summed E-state index contributed by atoms with van der Waals surface area (Å²) in [4.78, 5) is 11.9. The summed E-state index contributed by atoms with van der Waals surface area (Å²) < 4.78 is 10.9. The Balaban J connectivity index is 1.39. The van der Waals surface area contributed by atoms with Crippen LogP contribution in [0.15, 0.2) is 28.8 Å². The van der Waals surface area contributed by atoms with Crippen molar-refractivity contribution in [2.24, 2.45) is 5.41 Å². The fourth-order valence-electron chi connectivity index (χ4n) is 4.48. The largest absolute Gasteiger partial charge is 0.380 e. The minimum absolute atomic E-state index is 0.303. The first-order chi connectivity index (χ1) is 15.0. The number of aryl methyl sites for hydroxylation is 2. The lowest BCUT2D eigenvalue weighted by molar-refractivity contribution is -0.100. The number of nitrogens with one attached hydrogen (secondary N) is 1. The monoisotopic (exact) mass is 421 g/mol. The minimum Gasteiger partial charge on any atom is -0.380 e. The van der Waals surface area contributed by atoms with Gasteiger partial charge in [-0.25, -0.2) is 4.98 Å². The number of ether oxygens (including phenoxy) is 1. The summed E-state index contributed by atoms with van der Waals surface area (Å²) in [6, 6.07) is 9.19. The molecule has 164 valence electrons. The van der Waals surface area contributed by atoms with Crippen molar-refractivity contribution in [3.05, 3.63) is 35.7 Å². The predicted molar refractivity (Wildman–Crippen MR) is 121 cm³/mol. The van der Waals surface area contributed by atoms with Crippen molar-refractivity contribution < 1.29 is 9.26 Å². The van der Waals surface area contributed by atoms with Gasteiger partial charge < -0.3 is 19.5 Å². The van der Waals surface area contributed by atoms with Crippen molar-refractivity contribution in [2.75, 3.05) is 37.7 Å². The molecule has 7 heteroatoms. The lowest BCUT2D eigenvalue weighted by Crippen LogP contribution is -2.51. The maximum Gasteiger partial charge on any atom is 0.261 e. The SMILES string of the molecule is CCc1ccc2nc(N3CCC(NCC4(C)COC4)CC3)c(-c3nc(C)no3)cc2c1. The number of anilines is 1. The smallest absolute Gasteiger partial charge is 0.261 e. The highest BCUT2D eigenvalue weighted by Crippen LogP contribution is 2.34. The fraction of sp³-hybridized carbons (Fsp3) is 0.542. The van der Waals surface area contributed by atoms with Gasteiger partial charge in [0.1, 0.15) is 5.82 Å². The number of pyridine rings is 1. The Hall–Kier alpha value is -2.51. The third-order valence-corrected chi connectivity index (χ3v) is 6.54. The van der Waals surface area contributed by atoms with E-state index in [9.17, 15) is 0 Å². The first kappa shape index (κ1) is 20.4. The molecule has 7 nitrogen and oxygen atoms in total. The highest BCUT2D eigenvalue weighted by molar-refractivity contribution is 5.88. The molecule has 0 saturated carbocycles. The predicted octanol–water partition coefficient (Wildman–Crippen LogP) is 3.75. The summed E-state index contributed by atoms with van der Waals surface area (Å²) in [6.07, 6.45) is 3.18. The van der Waals surface area contributed by atoms with Crippen molar-refractivity contribution in [2.45, 2.75) is 46.1 Å². The molecule has 0 aliphatic carbocycles. The lowest BCUT2D eigenvalue weighted by atomic mass is 9.88. The summed E-state index contributed by atoms with van der Waals surface area (Å²) in [5.41, 5.74) is 3.53. The van der Waals surface area contributed by atoms with Gasteiger partial charge in [0.2, 0.25) is 0 Å². The van der Waals surface area contributed by atoms with Crippen LogP contribution >= 0.6 is 0 Å². The number of hydrogen-bond donors (Lipinski definition) is 1. The second kappa shape index (κ2) is 8.20. The molecule has 0 radical (unpaired) electrons. The van der Waals surface area contributed by atoms with Gasteiger partial charge in [-0.15, -0.1) is 0 Å². The standard InChI is InChI=1S/C24H31N5O2/c1-4-17-5-6-21-18(11-17)12-20(23-26-16(2)28-31-23)22(27-21)29-9-7-19(8-10-29)25-13-24(3)14-30-15-24/h5-6,11-12,19,25H,4,7-10,13-15H2,1-3H3. The average Bonchev–Trinajstić information content (AvgIpc) is 3.21. The summed E-state index contributed by atoms with van der Waals surface area (Å²) in [7, 11) is 0. The van der Waals surface area contributed by atoms with E-state index < -0.39 is 0 Å². The molecule has 3 aromatic rings. The lowest BCUT2D eigenvalue weighted by Gasteiger charge is -2.41. The van der Waals surface area contributed by atoms with Crippen LogP contribution in [0, 0.1) is 12.3 Å². The molecule has 0 unspecified atom stereocenters. The molecule has 4 heterocycles. The average molecular weight is 422 g/mol. The Bertz CT molecular complexity index is 1070. The Labute approximate surface area is 183 Å². The van der Waals surface area contributed by atoms with Gasteiger partial charge >= 0.3 is 0 Å². The molecule has 1 N–H and O–H groups in total. The van der Waals surface area contributed by atoms with Crippen molar-refractivity contribution in [1.82, 2.24) is 20.4 Å². The minimum atomic E-state index is 0.303. The molecule has 2 aliphatic heterocycles. The Morgan fingerprint density at radius 2 is 1.97 bits per heavy atom. The van der Waals surface area contributed by atoms with Gasteiger partial charge in [0.25, 0.3) is 5.89 Å². The van der Waals surface area contributed by atoms with Crippen molar-refractivity contribution in [3.8, 4) is 11.5 Å². The van der Waals surface area contributed by atoms with Crippen LogP contribution in [0.25, 0.3) is 22.4 Å². The molecule has 31 heavy (non-hydrogen) atoms. The van der Waals surface area contributed by atoms with Gasteiger partial charge in [-0.2, -0.15) is 4.98 Å². The highest BCUT2D eigenvalue weighted by Gasteiger charge is 2.34. The number of fused-ring (bicyclic) bond motifs is 1. The maximum absolute atomic E-state index is 5.55. The van der Waals surface area contributed by atoms with Crippen LogP contribution in [0.5, 0.6) is 0 Å². The molecular weight excluding hydrogens is 390 g/mol. The molecule has 2 aromatic heterocycles. The number of piperidine rings is 1. The van der Waals surface area contributed by atoms with E-state index in [0.29, 0.717) is 23.2 Å². The second-order valence-electron chi connectivity index (χ2n) is 9.33. The molecule has 1 aromatic carbocycles. The second-order valence-corrected chi connectivity index (χ2v) is 9.33. The summed E-state index contributed by atoms with van der Waals surface area (Å²) in [6.45, 7) is 11.0. The van der Waals surface area contributed by atoms with Crippen LogP contribution < -0.4 is 10.2 Å². The van der Waals surface area contributed by atoms with Crippen LogP contribution in [0.1, 0.15) is 38.1 Å². The van der Waals surface area contributed by atoms with E-state index in [0.717, 1.165) is 74.4 Å². The molecular formula is C24H31N5O2. The van der Waals surface area contributed by atoms with E-state index in [2.05, 4.69) is 58.5 Å². The van der Waals surface area contributed by atoms with Gasteiger partial charge in [0.15, 0.2) is 5.82 Å². The molecule has 0 amide bonds. The fourth-order valence-corrected chi connectivity index (χ4v) is 4.48. The van der Waals surface area contributed by atoms with Gasteiger partial charge in [-0.05, 0) is 49.9 Å². The molecule has 0 spiro atoms. The number of rotatable bonds is 6. The van der Waals surface area contributed by atoms with Crippen molar-refractivity contribution in [3.63, 3.8) is 0 Å². The van der Waals surface area contributed by atoms with E-state index in [1.807, 2.05) is 6.92 Å². The van der Waals surface area contributed by atoms with E-state index in [1.54, 1.807) is 0 Å². The Kier molecular flexibility index (Phi) is 5.40. The van der Waals surface area contributed by atoms with Crippen LogP contribution in [-0.2, 0) is 11.2 Å². The van der Waals surface area contributed by atoms with Gasteiger partial charge in [-0.1, -0.05) is 25.1 Å². The number of aromatic nitrogens is 3. The number of hydrogen-bond acceptors (Lipinski definition) is 7. The molecule has 5 rings (SSSR count). The van der Waals surface area contributed by atoms with E-state index in [4.69, 9.17) is 14.2 Å². The zero-order valence-electron chi connectivity index (χ0n) is 18.6. The molecule has 0 atom stereocenters. The van der Waals surface area contributed by atoms with Crippen LogP contribution in [0.2, 0.25) is 0 Å². The normalized spacial score (nSPS) is 19.0. The topological polar surface area (TPSA) is 76.3 Å². The van der Waals surface area contributed by atoms with E-state index in [-0.39, 0.29) is 0 Å². The highest BCUT2D eigenvalue weighted by atomic mass is 16.5. The Morgan fingerprint density at radius 1 is 1.16 bits per heavy atom. The third-order valence-electron chi connectivity index (χ3n) is 6.54. The van der Waals surface area contributed by atoms with Crippen molar-refractivity contribution >= 4 is 16.7 Å². The van der Waals surface area contributed by atoms with Gasteiger partial charge in [0.05, 0.1) is 24.3 Å². The number of benzene rings is 1. The van der Waals surface area contributed by atoms with E-state index >= 15 is 0 Å². The van der Waals surface area contributed by atoms with Gasteiger partial charge in [0, 0.05) is 36.5 Å². The molecule has 0 bridgehead atoms. The van der Waals surface area contributed by atoms with Crippen LogP contribution in [0.3, 0.4) is 0 Å². The first-order valence-corrected chi connectivity index (χ1v) is 11.3. The zero-order valence-corrected chi connectivity index (χ0v) is 18.6. The van der Waals surface area contributed by atoms with E-state index in [1.165, 1.54) is 5.56 Å². The Morgan fingerprint density at radius 3 is 2.61 bits per heavy atom. The molecule has 2 aliphatic rings. The third kappa shape index (κ3) is 4.16. The summed E-state index contributed by atoms with van der Waals surface area (Å²) >= 11 is 0. The molecule has 2 fully saturated rings.